The molecule has 1 rings (SSSR count). The molecule has 0 unspecified atom stereocenters. The Morgan fingerprint density at radius 1 is 1.35 bits per heavy atom. The lowest BCUT2D eigenvalue weighted by Crippen LogP contribution is -2.33. The highest BCUT2D eigenvalue weighted by molar-refractivity contribution is 8.36. The summed E-state index contributed by atoms with van der Waals surface area (Å²) in [5.41, 5.74) is 5.83. The Morgan fingerprint density at radius 3 is 2.39 bits per heavy atom. The van der Waals surface area contributed by atoms with Crippen molar-refractivity contribution < 1.29 is 4.79 Å². The van der Waals surface area contributed by atoms with E-state index in [2.05, 4.69) is 34.0 Å². The number of hydrogen-bond acceptors (Lipinski definition) is 4. The molecule has 130 valence electrons. The second-order valence-electron chi connectivity index (χ2n) is 5.94. The molecule has 0 radical (unpaired) electrons. The van der Waals surface area contributed by atoms with Gasteiger partial charge in [0.25, 0.3) is 0 Å². The zero-order valence-electron chi connectivity index (χ0n) is 15.0. The molecule has 1 fully saturated rings. The van der Waals surface area contributed by atoms with Gasteiger partial charge in [-0.25, -0.2) is 25.5 Å². The molecular formula is C17H30N4OS. The van der Waals surface area contributed by atoms with Crippen molar-refractivity contribution in [1.82, 2.24) is 15.8 Å². The molecule has 0 atom stereocenters. The molecule has 0 aliphatic carbocycles. The number of hydrogen-bond donors (Lipinski definition) is 2. The fraction of sp³-hybridized carbons (Fsp3) is 0.529. The van der Waals surface area contributed by atoms with Crippen LogP contribution < -0.4 is 10.7 Å². The van der Waals surface area contributed by atoms with Gasteiger partial charge in [0.15, 0.2) is 5.82 Å². The lowest BCUT2D eigenvalue weighted by Gasteiger charge is -2.42. The van der Waals surface area contributed by atoms with E-state index in [9.17, 15) is 4.79 Å². The molecule has 23 heavy (non-hydrogen) atoms. The molecule has 1 aliphatic rings. The van der Waals surface area contributed by atoms with Crippen LogP contribution in [0.15, 0.2) is 40.1 Å². The molecule has 1 aliphatic heterocycles. The van der Waals surface area contributed by atoms with Crippen molar-refractivity contribution in [2.45, 2.75) is 26.7 Å². The number of amides is 1. The minimum atomic E-state index is -0.558. The Balaban J connectivity index is 2.99. The van der Waals surface area contributed by atoms with Gasteiger partial charge in [0.1, 0.15) is 0 Å². The molecule has 0 saturated carbocycles. The average Bonchev–Trinajstić information content (AvgIpc) is 2.51. The maximum Gasteiger partial charge on any atom is 0.229 e. The lowest BCUT2D eigenvalue weighted by molar-refractivity contribution is -0.118. The van der Waals surface area contributed by atoms with Crippen LogP contribution >= 0.6 is 10.0 Å². The number of aliphatic imine (C=N–C) groups is 1. The summed E-state index contributed by atoms with van der Waals surface area (Å²) in [4.78, 5) is 15.8. The first kappa shape index (κ1) is 19.5. The van der Waals surface area contributed by atoms with Crippen molar-refractivity contribution in [2.24, 2.45) is 4.99 Å². The van der Waals surface area contributed by atoms with Gasteiger partial charge >= 0.3 is 0 Å². The number of carbonyl (C=O) groups is 1. The second kappa shape index (κ2) is 8.93. The fourth-order valence-corrected chi connectivity index (χ4v) is 4.70. The number of allylic oxidation sites excluding steroid dienone is 3. The van der Waals surface area contributed by atoms with Gasteiger partial charge in [-0.05, 0) is 49.0 Å². The van der Waals surface area contributed by atoms with Crippen LogP contribution in [0.1, 0.15) is 26.7 Å². The topological polar surface area (TPSA) is 56.7 Å². The summed E-state index contributed by atoms with van der Waals surface area (Å²) in [6, 6.07) is 0. The van der Waals surface area contributed by atoms with Crippen molar-refractivity contribution in [2.75, 3.05) is 31.9 Å². The van der Waals surface area contributed by atoms with Crippen molar-refractivity contribution >= 4 is 22.1 Å². The molecule has 0 spiro atoms. The van der Waals surface area contributed by atoms with E-state index in [-0.39, 0.29) is 0 Å². The van der Waals surface area contributed by atoms with Crippen LogP contribution in [0.4, 0.5) is 0 Å². The van der Waals surface area contributed by atoms with E-state index in [1.807, 2.05) is 20.9 Å². The number of nitrogens with one attached hydrogen (secondary N) is 2. The Hall–Kier alpha value is -1.53. The summed E-state index contributed by atoms with van der Waals surface area (Å²) in [7, 11) is 3.09. The third-order valence-corrected chi connectivity index (χ3v) is 7.24. The molecule has 0 bridgehead atoms. The van der Waals surface area contributed by atoms with Gasteiger partial charge in [-0.3, -0.25) is 4.79 Å². The molecule has 5 nitrogen and oxygen atoms in total. The van der Waals surface area contributed by atoms with Crippen molar-refractivity contribution in [1.29, 1.82) is 0 Å². The Bertz CT molecular complexity index is 533. The first-order valence-corrected chi connectivity index (χ1v) is 10.2. The third kappa shape index (κ3) is 5.55. The predicted octanol–water partition coefficient (Wildman–Crippen LogP) is 2.75. The van der Waals surface area contributed by atoms with E-state index in [1.165, 1.54) is 28.6 Å². The number of hydrazine groups is 1. The SMILES string of the molecule is C=C/C(C)=C(/N=C(\C)C/C(=C/S1(C)CCC1)NC)N(C=O)NC. The summed E-state index contributed by atoms with van der Waals surface area (Å²) in [6.07, 6.45) is 6.89. The molecule has 0 aromatic heterocycles. The van der Waals surface area contributed by atoms with Crippen LogP contribution in [-0.2, 0) is 4.79 Å². The summed E-state index contributed by atoms with van der Waals surface area (Å²) in [5, 5.41) is 7.07. The van der Waals surface area contributed by atoms with Crippen molar-refractivity contribution in [3.63, 3.8) is 0 Å². The van der Waals surface area contributed by atoms with Crippen LogP contribution in [-0.4, -0.2) is 49.0 Å². The first-order valence-electron chi connectivity index (χ1n) is 7.80. The third-order valence-electron chi connectivity index (χ3n) is 3.95. The standard InChI is InChI=1S/C17H30N4OS/c1-7-14(2)17(21(13-22)19-5)20-15(3)11-16(18-4)12-23(6)9-8-10-23/h7,12-13,18-19H,1,8-11H2,2-6H3/b16-12-,17-14-,20-15+. The first-order chi connectivity index (χ1) is 10.9. The van der Waals surface area contributed by atoms with Crippen LogP contribution in [0.3, 0.4) is 0 Å². The Morgan fingerprint density at radius 2 is 2.00 bits per heavy atom. The maximum atomic E-state index is 11.2. The van der Waals surface area contributed by atoms with Gasteiger partial charge in [-0.1, -0.05) is 12.7 Å². The van der Waals surface area contributed by atoms with Gasteiger partial charge in [0.2, 0.25) is 6.41 Å². The summed E-state index contributed by atoms with van der Waals surface area (Å²) < 4.78 is 0. The van der Waals surface area contributed by atoms with Crippen molar-refractivity contribution in [3.8, 4) is 0 Å². The summed E-state index contributed by atoms with van der Waals surface area (Å²) in [5.74, 6) is 3.23. The summed E-state index contributed by atoms with van der Waals surface area (Å²) in [6.45, 7) is 7.64. The van der Waals surface area contributed by atoms with Crippen LogP contribution in [0.25, 0.3) is 0 Å². The monoisotopic (exact) mass is 338 g/mol. The van der Waals surface area contributed by atoms with E-state index >= 15 is 0 Å². The number of nitrogens with zero attached hydrogens (tertiary/aromatic N) is 2. The minimum absolute atomic E-state index is 0.558. The normalized spacial score (nSPS) is 20.0. The van der Waals surface area contributed by atoms with E-state index < -0.39 is 10.0 Å². The predicted molar refractivity (Wildman–Crippen MR) is 103 cm³/mol. The molecule has 0 aromatic rings. The average molecular weight is 339 g/mol. The summed E-state index contributed by atoms with van der Waals surface area (Å²) >= 11 is 0. The highest BCUT2D eigenvalue weighted by Crippen LogP contribution is 2.55. The molecule has 6 heteroatoms. The highest BCUT2D eigenvalue weighted by Gasteiger charge is 2.24. The van der Waals surface area contributed by atoms with Gasteiger partial charge < -0.3 is 5.32 Å². The van der Waals surface area contributed by atoms with Gasteiger partial charge in [0.05, 0.1) is 0 Å². The van der Waals surface area contributed by atoms with E-state index in [0.717, 1.165) is 17.7 Å². The van der Waals surface area contributed by atoms with Gasteiger partial charge in [0, 0.05) is 31.9 Å². The maximum absolute atomic E-state index is 11.2. The Labute approximate surface area is 141 Å². The number of carbonyl (C=O) groups excluding carboxylic acids is 1. The molecule has 1 saturated heterocycles. The highest BCUT2D eigenvalue weighted by atomic mass is 32.3. The van der Waals surface area contributed by atoms with Crippen LogP contribution in [0.5, 0.6) is 0 Å². The molecule has 1 heterocycles. The Kier molecular flexibility index (Phi) is 7.58. The largest absolute Gasteiger partial charge is 0.391 e. The molecule has 1 amide bonds. The fourth-order valence-electron chi connectivity index (χ4n) is 2.38. The smallest absolute Gasteiger partial charge is 0.229 e. The molecule has 2 N–H and O–H groups in total. The van der Waals surface area contributed by atoms with Gasteiger partial charge in [-0.2, -0.15) is 0 Å². The van der Waals surface area contributed by atoms with Crippen LogP contribution in [0.2, 0.25) is 0 Å². The zero-order valence-corrected chi connectivity index (χ0v) is 15.8. The molecular weight excluding hydrogens is 308 g/mol. The van der Waals surface area contributed by atoms with E-state index in [1.54, 1.807) is 13.1 Å². The number of rotatable bonds is 9. The van der Waals surface area contributed by atoms with Crippen molar-refractivity contribution in [3.05, 3.63) is 35.2 Å². The minimum Gasteiger partial charge on any atom is -0.391 e. The van der Waals surface area contributed by atoms with E-state index in [0.29, 0.717) is 12.2 Å². The van der Waals surface area contributed by atoms with E-state index in [4.69, 9.17) is 0 Å². The zero-order chi connectivity index (χ0) is 17.5. The van der Waals surface area contributed by atoms with Gasteiger partial charge in [-0.15, -0.1) is 0 Å². The van der Waals surface area contributed by atoms with Crippen LogP contribution in [0, 0.1) is 0 Å². The molecule has 0 aromatic carbocycles. The lowest BCUT2D eigenvalue weighted by atomic mass is 10.2. The second-order valence-corrected chi connectivity index (χ2v) is 9.69. The quantitative estimate of drug-likeness (QED) is 0.294.